The van der Waals surface area contributed by atoms with Crippen LogP contribution in [-0.4, -0.2) is 30.5 Å². The number of methoxy groups -OCH3 is 1. The van der Waals surface area contributed by atoms with E-state index >= 15 is 0 Å². The van der Waals surface area contributed by atoms with Crippen LogP contribution in [0.15, 0.2) is 18.3 Å². The number of pyridine rings is 1. The van der Waals surface area contributed by atoms with Crippen molar-refractivity contribution < 1.29 is 4.74 Å². The molecule has 0 N–H and O–H groups in total. The Labute approximate surface area is 84.2 Å². The van der Waals surface area contributed by atoms with Gasteiger partial charge in [-0.15, -0.1) is 0 Å². The molecule has 0 unspecified atom stereocenters. The van der Waals surface area contributed by atoms with E-state index in [0.717, 1.165) is 0 Å². The fourth-order valence-corrected chi connectivity index (χ4v) is 4.22. The summed E-state index contributed by atoms with van der Waals surface area (Å²) in [6.07, 6.45) is 1.89. The predicted octanol–water partition coefficient (Wildman–Crippen LogP) is 1.77. The third-order valence-electron chi connectivity index (χ3n) is 1.90. The Hall–Kier alpha value is -0.0913. The molecule has 1 aromatic rings. The fraction of sp³-hybridized carbons (Fsp3) is 0.500. The minimum absolute atomic E-state index is 0.692. The third-order valence-corrected chi connectivity index (χ3v) is 7.07. The molecule has 2 nitrogen and oxygen atoms in total. The molecule has 0 bridgehead atoms. The van der Waals surface area contributed by atoms with Gasteiger partial charge in [-0.3, -0.25) is 0 Å². The molecule has 13 heavy (non-hydrogen) atoms. The summed E-state index contributed by atoms with van der Waals surface area (Å²) < 4.78 is 6.41. The molecule has 0 aromatic carbocycles. The Balaban J connectivity index is 2.92. The predicted molar refractivity (Wildman–Crippen MR) is 57.9 cm³/mol. The van der Waals surface area contributed by atoms with Crippen LogP contribution in [0.1, 0.15) is 5.56 Å². The zero-order valence-corrected chi connectivity index (χ0v) is 11.6. The van der Waals surface area contributed by atoms with Gasteiger partial charge in [-0.25, -0.2) is 0 Å². The first-order valence-corrected chi connectivity index (χ1v) is 14.5. The molecule has 72 valence electrons. The van der Waals surface area contributed by atoms with Gasteiger partial charge in [0.15, 0.2) is 0 Å². The summed E-state index contributed by atoms with van der Waals surface area (Å²) in [7, 11) is 1.72. The van der Waals surface area contributed by atoms with Crippen molar-refractivity contribution in [3.05, 3.63) is 23.9 Å². The average molecular weight is 286 g/mol. The molecule has 0 aliphatic rings. The summed E-state index contributed by atoms with van der Waals surface area (Å²) in [5, 5.41) is 0. The first-order valence-electron chi connectivity index (χ1n) is 4.48. The van der Waals surface area contributed by atoms with Crippen molar-refractivity contribution in [2.45, 2.75) is 21.4 Å². The molecule has 0 saturated heterocycles. The van der Waals surface area contributed by atoms with E-state index in [4.69, 9.17) is 4.74 Å². The van der Waals surface area contributed by atoms with Crippen molar-refractivity contribution >= 4 is 22.1 Å². The Bertz CT molecular complexity index is 280. The van der Waals surface area contributed by atoms with Gasteiger partial charge in [-0.1, -0.05) is 0 Å². The fourth-order valence-electron chi connectivity index (χ4n) is 1.14. The van der Waals surface area contributed by atoms with Crippen LogP contribution in [0.2, 0.25) is 14.8 Å². The topological polar surface area (TPSA) is 22.1 Å². The monoisotopic (exact) mass is 287 g/mol. The molecule has 1 heterocycles. The third kappa shape index (κ3) is 3.27. The zero-order chi connectivity index (χ0) is 9.90. The van der Waals surface area contributed by atoms with Gasteiger partial charge in [0.25, 0.3) is 0 Å². The second-order valence-electron chi connectivity index (χ2n) is 4.23. The van der Waals surface area contributed by atoms with Gasteiger partial charge in [0.05, 0.1) is 0 Å². The maximum atomic E-state index is 5.09. The number of ether oxygens (including phenoxy) is 1. The molecule has 3 heteroatoms. The van der Waals surface area contributed by atoms with Crippen molar-refractivity contribution in [3.63, 3.8) is 0 Å². The molecule has 1 aromatic heterocycles. The standard InChI is InChI=1S/C7H8NO.3CH3.Sn/c1-9-6-7-2-4-8-5-3-7;;;;/h2-4H,6H2,1H3;3*1H3;. The van der Waals surface area contributed by atoms with Crippen LogP contribution in [0.4, 0.5) is 0 Å². The van der Waals surface area contributed by atoms with E-state index in [-0.39, 0.29) is 0 Å². The van der Waals surface area contributed by atoms with Crippen LogP contribution < -0.4 is 3.71 Å². The van der Waals surface area contributed by atoms with Gasteiger partial charge in [-0.05, 0) is 0 Å². The van der Waals surface area contributed by atoms with Crippen LogP contribution in [0.3, 0.4) is 0 Å². The SMILES string of the molecule is COCc1ccn[c]([Sn]([CH3])([CH3])[CH3])c1. The average Bonchev–Trinajstić information content (AvgIpc) is 2.04. The number of hydrogen-bond donors (Lipinski definition) is 0. The van der Waals surface area contributed by atoms with Crippen molar-refractivity contribution in [2.75, 3.05) is 7.11 Å². The van der Waals surface area contributed by atoms with Crippen molar-refractivity contribution in [2.24, 2.45) is 0 Å². The van der Waals surface area contributed by atoms with Crippen molar-refractivity contribution in [3.8, 4) is 0 Å². The molecule has 0 atom stereocenters. The first-order chi connectivity index (χ1) is 6.04. The van der Waals surface area contributed by atoms with Crippen LogP contribution >= 0.6 is 0 Å². The molecule has 0 amide bonds. The number of rotatable bonds is 3. The summed E-state index contributed by atoms with van der Waals surface area (Å²) >= 11 is -1.96. The summed E-state index contributed by atoms with van der Waals surface area (Å²) in [6.45, 7) is 0.692. The van der Waals surface area contributed by atoms with E-state index in [0.29, 0.717) is 6.61 Å². The van der Waals surface area contributed by atoms with E-state index in [1.54, 1.807) is 7.11 Å². The molecule has 0 fully saturated rings. The minimum atomic E-state index is -1.96. The van der Waals surface area contributed by atoms with Gasteiger partial charge >= 0.3 is 84.2 Å². The summed E-state index contributed by atoms with van der Waals surface area (Å²) in [6, 6.07) is 4.21. The van der Waals surface area contributed by atoms with Crippen LogP contribution in [-0.2, 0) is 11.3 Å². The van der Waals surface area contributed by atoms with Gasteiger partial charge < -0.3 is 0 Å². The summed E-state index contributed by atoms with van der Waals surface area (Å²) in [5.41, 5.74) is 1.24. The first kappa shape index (κ1) is 11.0. The molecule has 0 spiro atoms. The number of hydrogen-bond acceptors (Lipinski definition) is 2. The van der Waals surface area contributed by atoms with E-state index < -0.39 is 18.4 Å². The quantitative estimate of drug-likeness (QED) is 0.790. The normalized spacial score (nSPS) is 11.7. The second-order valence-corrected chi connectivity index (χ2v) is 18.5. The Morgan fingerprint density at radius 1 is 1.38 bits per heavy atom. The molecular weight excluding hydrogens is 269 g/mol. The molecule has 0 aliphatic carbocycles. The van der Waals surface area contributed by atoms with E-state index in [2.05, 4.69) is 25.9 Å². The van der Waals surface area contributed by atoms with Crippen LogP contribution in [0.5, 0.6) is 0 Å². The number of aromatic nitrogens is 1. The molecule has 0 radical (unpaired) electrons. The van der Waals surface area contributed by atoms with Crippen molar-refractivity contribution in [1.82, 2.24) is 4.98 Å². The zero-order valence-electron chi connectivity index (χ0n) is 8.79. The van der Waals surface area contributed by atoms with Crippen molar-refractivity contribution in [1.29, 1.82) is 0 Å². The maximum absolute atomic E-state index is 5.09. The Kier molecular flexibility index (Phi) is 3.73. The molecular formula is C10H17NOSn. The number of nitrogens with zero attached hydrogens (tertiary/aromatic N) is 1. The Morgan fingerprint density at radius 3 is 2.62 bits per heavy atom. The molecule has 0 saturated carbocycles. The van der Waals surface area contributed by atoms with Gasteiger partial charge in [0.2, 0.25) is 0 Å². The van der Waals surface area contributed by atoms with Gasteiger partial charge in [0, 0.05) is 0 Å². The van der Waals surface area contributed by atoms with Gasteiger partial charge in [-0.2, -0.15) is 0 Å². The Morgan fingerprint density at radius 2 is 2.08 bits per heavy atom. The summed E-state index contributed by atoms with van der Waals surface area (Å²) in [5.74, 6) is 0. The molecule has 0 aliphatic heterocycles. The summed E-state index contributed by atoms with van der Waals surface area (Å²) in [4.78, 5) is 11.5. The van der Waals surface area contributed by atoms with Crippen LogP contribution in [0.25, 0.3) is 0 Å². The second kappa shape index (κ2) is 4.42. The van der Waals surface area contributed by atoms with E-state index in [1.165, 1.54) is 9.27 Å². The van der Waals surface area contributed by atoms with Crippen LogP contribution in [0, 0.1) is 0 Å². The van der Waals surface area contributed by atoms with E-state index in [9.17, 15) is 0 Å². The van der Waals surface area contributed by atoms with Gasteiger partial charge in [0.1, 0.15) is 0 Å². The van der Waals surface area contributed by atoms with E-state index in [1.807, 2.05) is 12.3 Å². The molecule has 1 rings (SSSR count).